The second kappa shape index (κ2) is 12.3. The van der Waals surface area contributed by atoms with Gasteiger partial charge in [0, 0.05) is 60.1 Å². The van der Waals surface area contributed by atoms with E-state index < -0.39 is 10.0 Å². The lowest BCUT2D eigenvalue weighted by atomic mass is 10.0. The Morgan fingerprint density at radius 1 is 1.04 bits per heavy atom. The van der Waals surface area contributed by atoms with E-state index in [1.807, 2.05) is 43.3 Å². The fourth-order valence-electron chi connectivity index (χ4n) is 6.22. The minimum Gasteiger partial charge on any atom is -0.378 e. The van der Waals surface area contributed by atoms with Crippen LogP contribution in [0.25, 0.3) is 22.2 Å². The second-order valence-corrected chi connectivity index (χ2v) is 14.5. The molecule has 7 rings (SSSR count). The van der Waals surface area contributed by atoms with Crippen LogP contribution >= 0.6 is 11.6 Å². The van der Waals surface area contributed by atoms with Gasteiger partial charge in [-0.3, -0.25) is 4.79 Å². The number of hydrogen-bond donors (Lipinski definition) is 0. The molecule has 2 aromatic carbocycles. The number of aromatic nitrogens is 3. The summed E-state index contributed by atoms with van der Waals surface area (Å²) in [4.78, 5) is 23.3. The molecule has 1 unspecified atom stereocenters. The highest BCUT2D eigenvalue weighted by molar-refractivity contribution is 7.90. The number of pyridine rings is 2. The van der Waals surface area contributed by atoms with Gasteiger partial charge in [-0.2, -0.15) is 0 Å². The van der Waals surface area contributed by atoms with Gasteiger partial charge in [-0.15, -0.1) is 0 Å². The number of aryl methyl sites for hydroxylation is 1. The van der Waals surface area contributed by atoms with E-state index >= 15 is 0 Å². The number of nitrogens with zero attached hydrogens (tertiary/aromatic N) is 5. The molecule has 1 atom stereocenters. The van der Waals surface area contributed by atoms with Crippen LogP contribution in [0.2, 0.25) is 5.02 Å². The van der Waals surface area contributed by atoms with Crippen LogP contribution in [0, 0.1) is 6.92 Å². The molecule has 4 heterocycles. The minimum absolute atomic E-state index is 0.167. The van der Waals surface area contributed by atoms with Crippen molar-refractivity contribution < 1.29 is 13.2 Å². The summed E-state index contributed by atoms with van der Waals surface area (Å²) in [7, 11) is -1.88. The van der Waals surface area contributed by atoms with E-state index in [9.17, 15) is 13.2 Å². The first-order valence-electron chi connectivity index (χ1n) is 15.5. The van der Waals surface area contributed by atoms with Crippen molar-refractivity contribution in [3.8, 4) is 11.1 Å². The number of hydrogen-bond acceptors (Lipinski definition) is 7. The monoisotopic (exact) mass is 657 g/mol. The Balaban J connectivity index is 1.35. The topological polar surface area (TPSA) is 89.7 Å². The number of fused-ring (bicyclic) bond motifs is 1. The summed E-state index contributed by atoms with van der Waals surface area (Å²) in [6, 6.07) is 20.1. The summed E-state index contributed by atoms with van der Waals surface area (Å²) in [5.41, 5.74) is 4.14. The molecule has 238 valence electrons. The van der Waals surface area contributed by atoms with Gasteiger partial charge in [-0.05, 0) is 74.3 Å². The van der Waals surface area contributed by atoms with Gasteiger partial charge in [0.2, 0.25) is 0 Å². The van der Waals surface area contributed by atoms with E-state index in [0.29, 0.717) is 66.1 Å². The molecular formula is C35H36ClN5O4S. The lowest BCUT2D eigenvalue weighted by Gasteiger charge is -2.28. The van der Waals surface area contributed by atoms with Crippen molar-refractivity contribution >= 4 is 38.3 Å². The molecule has 1 saturated carbocycles. The normalized spacial score (nSPS) is 16.3. The summed E-state index contributed by atoms with van der Waals surface area (Å²) in [6.45, 7) is 5.20. The van der Waals surface area contributed by atoms with Crippen LogP contribution in [-0.2, 0) is 14.8 Å². The predicted molar refractivity (Wildman–Crippen MR) is 181 cm³/mol. The third kappa shape index (κ3) is 5.98. The number of ether oxygens (including phenoxy) is 1. The number of rotatable bonds is 9. The molecule has 3 aromatic heterocycles. The lowest BCUT2D eigenvalue weighted by molar-refractivity contribution is 0.122. The van der Waals surface area contributed by atoms with E-state index in [0.717, 1.165) is 29.7 Å². The first kappa shape index (κ1) is 30.7. The average molecular weight is 658 g/mol. The number of morpholine rings is 1. The molecule has 0 radical (unpaired) electrons. The van der Waals surface area contributed by atoms with Gasteiger partial charge in [0.05, 0.1) is 36.0 Å². The van der Waals surface area contributed by atoms with Crippen LogP contribution in [0.4, 0.5) is 5.69 Å². The highest BCUT2D eigenvalue weighted by atomic mass is 35.5. The Hall–Kier alpha value is -3.96. The molecule has 2 fully saturated rings. The van der Waals surface area contributed by atoms with Crippen molar-refractivity contribution in [1.82, 2.24) is 18.4 Å². The van der Waals surface area contributed by atoms with Crippen LogP contribution in [0.1, 0.15) is 30.0 Å². The number of likely N-dealkylation sites (N-methyl/N-ethyl adjacent to an activating group) is 1. The van der Waals surface area contributed by atoms with Gasteiger partial charge in [0.1, 0.15) is 0 Å². The molecule has 5 aromatic rings. The molecule has 9 nitrogen and oxygen atoms in total. The fourth-order valence-corrected chi connectivity index (χ4v) is 7.74. The van der Waals surface area contributed by atoms with Crippen LogP contribution in [0.5, 0.6) is 0 Å². The summed E-state index contributed by atoms with van der Waals surface area (Å²) in [5, 5.41) is 1.27. The van der Waals surface area contributed by atoms with Crippen molar-refractivity contribution in [2.45, 2.75) is 36.7 Å². The van der Waals surface area contributed by atoms with Gasteiger partial charge in [-0.25, -0.2) is 17.4 Å². The molecule has 0 N–H and O–H groups in total. The van der Waals surface area contributed by atoms with E-state index in [1.165, 1.54) is 3.97 Å². The molecule has 0 bridgehead atoms. The largest absolute Gasteiger partial charge is 0.378 e. The zero-order valence-electron chi connectivity index (χ0n) is 25.8. The molecule has 11 heteroatoms. The minimum atomic E-state index is -3.98. The highest BCUT2D eigenvalue weighted by Gasteiger charge is 2.30. The number of halogens is 1. The zero-order chi connectivity index (χ0) is 32.0. The Morgan fingerprint density at radius 3 is 2.50 bits per heavy atom. The quantitative estimate of drug-likeness (QED) is 0.204. The Bertz CT molecular complexity index is 2070. The van der Waals surface area contributed by atoms with Gasteiger partial charge in [0.15, 0.2) is 5.65 Å². The average Bonchev–Trinajstić information content (AvgIpc) is 3.84. The van der Waals surface area contributed by atoms with E-state index in [4.69, 9.17) is 16.3 Å². The van der Waals surface area contributed by atoms with Crippen molar-refractivity contribution in [2.24, 2.45) is 0 Å². The zero-order valence-corrected chi connectivity index (χ0v) is 27.4. The highest BCUT2D eigenvalue weighted by Crippen LogP contribution is 2.35. The van der Waals surface area contributed by atoms with Crippen molar-refractivity contribution in [1.29, 1.82) is 0 Å². The summed E-state index contributed by atoms with van der Waals surface area (Å²) < 4.78 is 36.4. The van der Waals surface area contributed by atoms with E-state index in [2.05, 4.69) is 21.8 Å². The van der Waals surface area contributed by atoms with Gasteiger partial charge in [-0.1, -0.05) is 41.4 Å². The van der Waals surface area contributed by atoms with E-state index in [-0.39, 0.29) is 16.5 Å². The maximum absolute atomic E-state index is 14.0. The van der Waals surface area contributed by atoms with Crippen LogP contribution < -0.4 is 10.5 Å². The molecule has 1 aliphatic carbocycles. The Kier molecular flexibility index (Phi) is 8.23. The Morgan fingerprint density at radius 2 is 1.80 bits per heavy atom. The standard InChI is InChI=1S/C35H36ClN5O4S/c1-24-6-10-30(11-7-24)46(43,44)41-22-32(31-20-29(21-37-35(31)41)39-14-16-45-17-15-39)25-12-13-40(34(42)19-25)33(23-38(2)28-8-9-28)26-4-3-5-27(36)18-26/h3-7,10-13,18-22,28,33H,8-9,14-17,23H2,1-2H3. The SMILES string of the molecule is Cc1ccc(S(=O)(=O)n2cc(-c3ccn(C(CN(C)C4CC4)c4cccc(Cl)c4)c(=O)c3)c3cc(N4CCOCC4)cnc32)cc1. The van der Waals surface area contributed by atoms with Gasteiger partial charge >= 0.3 is 0 Å². The smallest absolute Gasteiger partial charge is 0.269 e. The fraction of sp³-hybridized carbons (Fsp3) is 0.314. The number of anilines is 1. The third-order valence-electron chi connectivity index (χ3n) is 9.01. The summed E-state index contributed by atoms with van der Waals surface area (Å²) in [5.74, 6) is 0. The lowest BCUT2D eigenvalue weighted by Crippen LogP contribution is -2.36. The first-order chi connectivity index (χ1) is 22.2. The van der Waals surface area contributed by atoms with Crippen LogP contribution in [0.3, 0.4) is 0 Å². The van der Waals surface area contributed by atoms with Crippen LogP contribution in [-0.4, -0.2) is 72.8 Å². The molecule has 46 heavy (non-hydrogen) atoms. The third-order valence-corrected chi connectivity index (χ3v) is 10.9. The van der Waals surface area contributed by atoms with Crippen LogP contribution in [0.15, 0.2) is 95.0 Å². The molecule has 1 aliphatic heterocycles. The van der Waals surface area contributed by atoms with E-state index in [1.54, 1.807) is 53.5 Å². The molecule has 1 saturated heterocycles. The number of benzene rings is 2. The Labute approximate surface area is 273 Å². The second-order valence-electron chi connectivity index (χ2n) is 12.2. The van der Waals surface area contributed by atoms with Crippen molar-refractivity contribution in [3.05, 3.63) is 112 Å². The van der Waals surface area contributed by atoms with Crippen molar-refractivity contribution in [2.75, 3.05) is 44.8 Å². The summed E-state index contributed by atoms with van der Waals surface area (Å²) in [6.07, 6.45) is 7.42. The summed E-state index contributed by atoms with van der Waals surface area (Å²) >= 11 is 6.38. The maximum Gasteiger partial charge on any atom is 0.269 e. The van der Waals surface area contributed by atoms with Gasteiger partial charge in [0.25, 0.3) is 15.6 Å². The van der Waals surface area contributed by atoms with Crippen molar-refractivity contribution in [3.63, 3.8) is 0 Å². The molecule has 2 aliphatic rings. The predicted octanol–water partition coefficient (Wildman–Crippen LogP) is 5.58. The molecule has 0 spiro atoms. The molecule has 0 amide bonds. The van der Waals surface area contributed by atoms with Gasteiger partial charge < -0.3 is 19.1 Å². The maximum atomic E-state index is 14.0. The first-order valence-corrected chi connectivity index (χ1v) is 17.4. The molecular weight excluding hydrogens is 622 g/mol.